The quantitative estimate of drug-likeness (QED) is 0.657. The van der Waals surface area contributed by atoms with Crippen LogP contribution in [0, 0.1) is 10.1 Å². The molecule has 0 aliphatic carbocycles. The van der Waals surface area contributed by atoms with Crippen molar-refractivity contribution in [3.8, 4) is 0 Å². The molecule has 0 radical (unpaired) electrons. The second-order valence-corrected chi connectivity index (χ2v) is 6.02. The van der Waals surface area contributed by atoms with Crippen LogP contribution in [0.2, 0.25) is 10.0 Å². The maximum absolute atomic E-state index is 12.2. The highest BCUT2D eigenvalue weighted by Gasteiger charge is 2.21. The van der Waals surface area contributed by atoms with Crippen LogP contribution in [0.1, 0.15) is 28.2 Å². The molecule has 1 amide bonds. The molecule has 0 bridgehead atoms. The predicted octanol–water partition coefficient (Wildman–Crippen LogP) is 4.45. The smallest absolute Gasteiger partial charge is 0.290 e. The lowest BCUT2D eigenvalue weighted by atomic mass is 10.1. The molecule has 21 heavy (non-hydrogen) atoms. The minimum absolute atomic E-state index is 0.0280. The largest absolute Gasteiger partial charge is 0.345 e. The molecule has 5 nitrogen and oxygen atoms in total. The molecule has 0 saturated heterocycles. The minimum atomic E-state index is -0.673. The number of amides is 1. The average molecular weight is 345 g/mol. The molecular formula is C13H10Cl2N2O3S. The number of hydrogen-bond acceptors (Lipinski definition) is 4. The van der Waals surface area contributed by atoms with Crippen LogP contribution in [-0.4, -0.2) is 10.8 Å². The monoisotopic (exact) mass is 344 g/mol. The van der Waals surface area contributed by atoms with Crippen LogP contribution in [0.5, 0.6) is 0 Å². The van der Waals surface area contributed by atoms with Crippen molar-refractivity contribution in [3.63, 3.8) is 0 Å². The van der Waals surface area contributed by atoms with E-state index >= 15 is 0 Å². The van der Waals surface area contributed by atoms with E-state index in [0.29, 0.717) is 0 Å². The Morgan fingerprint density at radius 2 is 2.14 bits per heavy atom. The zero-order valence-electron chi connectivity index (χ0n) is 10.8. The van der Waals surface area contributed by atoms with Gasteiger partial charge in [0.1, 0.15) is 5.02 Å². The van der Waals surface area contributed by atoms with Crippen molar-refractivity contribution < 1.29 is 9.72 Å². The van der Waals surface area contributed by atoms with Gasteiger partial charge >= 0.3 is 0 Å². The van der Waals surface area contributed by atoms with E-state index < -0.39 is 16.5 Å². The predicted molar refractivity (Wildman–Crippen MR) is 83.3 cm³/mol. The number of nitro benzene ring substituents is 1. The maximum Gasteiger partial charge on any atom is 0.290 e. The van der Waals surface area contributed by atoms with Gasteiger partial charge in [-0.15, -0.1) is 11.3 Å². The Morgan fingerprint density at radius 3 is 2.71 bits per heavy atom. The molecule has 0 fully saturated rings. The van der Waals surface area contributed by atoms with Crippen molar-refractivity contribution in [2.45, 2.75) is 13.0 Å². The molecule has 1 aromatic heterocycles. The summed E-state index contributed by atoms with van der Waals surface area (Å²) in [7, 11) is 0. The first-order chi connectivity index (χ1) is 9.90. The van der Waals surface area contributed by atoms with Gasteiger partial charge < -0.3 is 5.32 Å². The van der Waals surface area contributed by atoms with E-state index in [2.05, 4.69) is 5.32 Å². The Kier molecular flexibility index (Phi) is 4.82. The molecule has 1 aromatic carbocycles. The lowest BCUT2D eigenvalue weighted by molar-refractivity contribution is -0.384. The van der Waals surface area contributed by atoms with Crippen molar-refractivity contribution in [2.24, 2.45) is 0 Å². The fraction of sp³-hybridized carbons (Fsp3) is 0.154. The van der Waals surface area contributed by atoms with Gasteiger partial charge in [-0.1, -0.05) is 29.3 Å². The normalized spacial score (nSPS) is 12.0. The third kappa shape index (κ3) is 3.53. The van der Waals surface area contributed by atoms with Crippen molar-refractivity contribution >= 4 is 46.1 Å². The van der Waals surface area contributed by atoms with Gasteiger partial charge in [0.15, 0.2) is 0 Å². The SMILES string of the molecule is CC(NC(=O)c1cc(Cl)c(Cl)c([N+](=O)[O-])c1)c1cccs1. The number of nitrogens with one attached hydrogen (secondary N) is 1. The van der Waals surface area contributed by atoms with Crippen LogP contribution in [0.3, 0.4) is 0 Å². The number of hydrogen-bond donors (Lipinski definition) is 1. The average Bonchev–Trinajstić information content (AvgIpc) is 2.95. The zero-order valence-corrected chi connectivity index (χ0v) is 13.1. The maximum atomic E-state index is 12.2. The molecule has 1 heterocycles. The minimum Gasteiger partial charge on any atom is -0.345 e. The zero-order chi connectivity index (χ0) is 15.6. The second kappa shape index (κ2) is 6.43. The summed E-state index contributed by atoms with van der Waals surface area (Å²) in [5.41, 5.74) is -0.294. The molecule has 0 aliphatic rings. The van der Waals surface area contributed by atoms with E-state index in [1.807, 2.05) is 24.4 Å². The lowest BCUT2D eigenvalue weighted by Gasteiger charge is -2.12. The van der Waals surface area contributed by atoms with Crippen molar-refractivity contribution in [3.05, 3.63) is 60.2 Å². The molecule has 1 N–H and O–H groups in total. The second-order valence-electron chi connectivity index (χ2n) is 4.26. The number of nitrogens with zero attached hydrogens (tertiary/aromatic N) is 1. The molecule has 0 saturated carbocycles. The van der Waals surface area contributed by atoms with Crippen LogP contribution < -0.4 is 5.32 Å². The number of carbonyl (C=O) groups excluding carboxylic acids is 1. The number of halogens is 2. The van der Waals surface area contributed by atoms with Gasteiger partial charge in [-0.25, -0.2) is 0 Å². The Bertz CT molecular complexity index is 689. The first-order valence-electron chi connectivity index (χ1n) is 5.88. The summed E-state index contributed by atoms with van der Waals surface area (Å²) in [6, 6.07) is 6.00. The van der Waals surface area contributed by atoms with Gasteiger partial charge in [-0.2, -0.15) is 0 Å². The molecule has 2 rings (SSSR count). The molecule has 2 aromatic rings. The summed E-state index contributed by atoms with van der Waals surface area (Å²) in [6.45, 7) is 1.83. The first kappa shape index (κ1) is 15.8. The Balaban J connectivity index is 2.25. The van der Waals surface area contributed by atoms with Gasteiger partial charge in [-0.3, -0.25) is 14.9 Å². The Hall–Kier alpha value is -1.63. The van der Waals surface area contributed by atoms with Crippen molar-refractivity contribution in [1.82, 2.24) is 5.32 Å². The van der Waals surface area contributed by atoms with Gasteiger partial charge in [0.25, 0.3) is 11.6 Å². The fourth-order valence-corrected chi connectivity index (χ4v) is 2.85. The third-order valence-electron chi connectivity index (χ3n) is 2.79. The molecule has 1 unspecified atom stereocenters. The van der Waals surface area contributed by atoms with Crippen LogP contribution in [0.25, 0.3) is 0 Å². The van der Waals surface area contributed by atoms with E-state index in [1.54, 1.807) is 0 Å². The number of thiophene rings is 1. The summed E-state index contributed by atoms with van der Waals surface area (Å²) >= 11 is 13.1. The number of benzene rings is 1. The number of carbonyl (C=O) groups is 1. The van der Waals surface area contributed by atoms with E-state index in [4.69, 9.17) is 23.2 Å². The molecule has 110 valence electrons. The summed E-state index contributed by atoms with van der Waals surface area (Å²) in [5.74, 6) is -0.447. The van der Waals surface area contributed by atoms with E-state index in [9.17, 15) is 14.9 Å². The molecule has 1 atom stereocenters. The van der Waals surface area contributed by atoms with Gasteiger partial charge in [0.2, 0.25) is 0 Å². The van der Waals surface area contributed by atoms with Crippen LogP contribution >= 0.6 is 34.5 Å². The standard InChI is InChI=1S/C13H10Cl2N2O3S/c1-7(11-3-2-4-21-11)16-13(18)8-5-9(14)12(15)10(6-8)17(19)20/h2-7H,1H3,(H,16,18). The van der Waals surface area contributed by atoms with Gasteiger partial charge in [0, 0.05) is 16.5 Å². The van der Waals surface area contributed by atoms with Crippen LogP contribution in [0.15, 0.2) is 29.6 Å². The topological polar surface area (TPSA) is 72.2 Å². The highest BCUT2D eigenvalue weighted by Crippen LogP contribution is 2.33. The van der Waals surface area contributed by atoms with Gasteiger partial charge in [-0.05, 0) is 24.4 Å². The molecular weight excluding hydrogens is 335 g/mol. The van der Waals surface area contributed by atoms with E-state index in [-0.39, 0.29) is 21.7 Å². The highest BCUT2D eigenvalue weighted by atomic mass is 35.5. The summed E-state index contributed by atoms with van der Waals surface area (Å²) in [5, 5.41) is 15.3. The third-order valence-corrected chi connectivity index (χ3v) is 4.63. The highest BCUT2D eigenvalue weighted by molar-refractivity contribution is 7.10. The first-order valence-corrected chi connectivity index (χ1v) is 7.51. The number of rotatable bonds is 4. The van der Waals surface area contributed by atoms with Gasteiger partial charge in [0.05, 0.1) is 16.0 Å². The van der Waals surface area contributed by atoms with Crippen molar-refractivity contribution in [2.75, 3.05) is 0 Å². The fourth-order valence-electron chi connectivity index (χ4n) is 1.73. The van der Waals surface area contributed by atoms with Crippen LogP contribution in [-0.2, 0) is 0 Å². The van der Waals surface area contributed by atoms with E-state index in [1.165, 1.54) is 17.4 Å². The van der Waals surface area contributed by atoms with E-state index in [0.717, 1.165) is 10.9 Å². The summed E-state index contributed by atoms with van der Waals surface area (Å²) in [6.07, 6.45) is 0. The van der Waals surface area contributed by atoms with Crippen molar-refractivity contribution in [1.29, 1.82) is 0 Å². The molecule has 0 aliphatic heterocycles. The number of nitro groups is 1. The summed E-state index contributed by atoms with van der Waals surface area (Å²) < 4.78 is 0. The molecule has 0 spiro atoms. The molecule has 8 heteroatoms. The lowest BCUT2D eigenvalue weighted by Crippen LogP contribution is -2.26. The Labute approximate surface area is 134 Å². The summed E-state index contributed by atoms with van der Waals surface area (Å²) in [4.78, 5) is 23.4. The van der Waals surface area contributed by atoms with Crippen LogP contribution in [0.4, 0.5) is 5.69 Å². The Morgan fingerprint density at radius 1 is 1.43 bits per heavy atom.